The largest absolute Gasteiger partial charge is 0.382 e. The summed E-state index contributed by atoms with van der Waals surface area (Å²) >= 11 is 3.53. The summed E-state index contributed by atoms with van der Waals surface area (Å²) in [5.74, 6) is 0. The van der Waals surface area contributed by atoms with E-state index in [9.17, 15) is 0 Å². The Kier molecular flexibility index (Phi) is 3.68. The van der Waals surface area contributed by atoms with Gasteiger partial charge in [-0.25, -0.2) is 0 Å². The van der Waals surface area contributed by atoms with E-state index in [-0.39, 0.29) is 0 Å². The summed E-state index contributed by atoms with van der Waals surface area (Å²) in [4.78, 5) is 0. The van der Waals surface area contributed by atoms with E-state index in [2.05, 4.69) is 46.4 Å². The monoisotopic (exact) mass is 267 g/mol. The zero-order valence-electron chi connectivity index (χ0n) is 9.22. The highest BCUT2D eigenvalue weighted by Crippen LogP contribution is 2.24. The number of halogens is 1. The first kappa shape index (κ1) is 11.0. The van der Waals surface area contributed by atoms with Crippen LogP contribution in [0.4, 0.5) is 5.69 Å². The number of hydrogen-bond acceptors (Lipinski definition) is 1. The molecule has 2 heteroatoms. The predicted octanol–water partition coefficient (Wildman–Crippen LogP) is 4.50. The van der Waals surface area contributed by atoms with Crippen LogP contribution in [0.25, 0.3) is 0 Å². The number of hydrogen-bond donors (Lipinski definition) is 1. The van der Waals surface area contributed by atoms with Crippen molar-refractivity contribution in [3.63, 3.8) is 0 Å². The molecule has 0 radical (unpaired) electrons. The summed E-state index contributed by atoms with van der Waals surface area (Å²) in [5.41, 5.74) is 2.57. The molecule has 1 saturated carbocycles. The van der Waals surface area contributed by atoms with Crippen LogP contribution in [-0.2, 0) is 0 Å². The molecule has 0 heterocycles. The Bertz CT molecular complexity index is 329. The molecule has 0 amide bonds. The molecule has 0 unspecified atom stereocenters. The Morgan fingerprint density at radius 1 is 1.20 bits per heavy atom. The normalized spacial score (nSPS) is 17.7. The summed E-state index contributed by atoms with van der Waals surface area (Å²) in [6, 6.07) is 7.20. The van der Waals surface area contributed by atoms with Crippen LogP contribution in [-0.4, -0.2) is 6.04 Å². The van der Waals surface area contributed by atoms with Crippen LogP contribution in [0.3, 0.4) is 0 Å². The standard InChI is InChI=1S/C13H18BrN/c1-10-9-12(7-8-13(10)14)15-11-5-3-2-4-6-11/h7-9,11,15H,2-6H2,1H3. The fraction of sp³-hybridized carbons (Fsp3) is 0.538. The number of rotatable bonds is 2. The summed E-state index contributed by atoms with van der Waals surface area (Å²) in [6.45, 7) is 2.14. The first-order valence-electron chi connectivity index (χ1n) is 5.78. The van der Waals surface area contributed by atoms with Crippen molar-refractivity contribution in [3.8, 4) is 0 Å². The highest BCUT2D eigenvalue weighted by atomic mass is 79.9. The molecule has 1 aliphatic rings. The molecule has 0 bridgehead atoms. The van der Waals surface area contributed by atoms with Crippen molar-refractivity contribution < 1.29 is 0 Å². The first-order valence-corrected chi connectivity index (χ1v) is 6.58. The summed E-state index contributed by atoms with van der Waals surface area (Å²) in [6.07, 6.45) is 6.84. The summed E-state index contributed by atoms with van der Waals surface area (Å²) in [7, 11) is 0. The second kappa shape index (κ2) is 5.02. The molecule has 0 aromatic heterocycles. The molecule has 1 N–H and O–H groups in total. The van der Waals surface area contributed by atoms with Gasteiger partial charge in [0.05, 0.1) is 0 Å². The smallest absolute Gasteiger partial charge is 0.0345 e. The van der Waals surface area contributed by atoms with E-state index in [0.717, 1.165) is 0 Å². The Morgan fingerprint density at radius 3 is 2.60 bits per heavy atom. The van der Waals surface area contributed by atoms with Crippen LogP contribution >= 0.6 is 15.9 Å². The van der Waals surface area contributed by atoms with Gasteiger partial charge in [-0.15, -0.1) is 0 Å². The van der Waals surface area contributed by atoms with Crippen LogP contribution in [0, 0.1) is 6.92 Å². The van der Waals surface area contributed by atoms with E-state index in [0.29, 0.717) is 6.04 Å². The van der Waals surface area contributed by atoms with Gasteiger partial charge in [0.15, 0.2) is 0 Å². The average Bonchev–Trinajstić information content (AvgIpc) is 2.25. The summed E-state index contributed by atoms with van der Waals surface area (Å²) in [5, 5.41) is 3.63. The van der Waals surface area contributed by atoms with E-state index in [1.807, 2.05) is 0 Å². The molecule has 0 saturated heterocycles. The van der Waals surface area contributed by atoms with Gasteiger partial charge < -0.3 is 5.32 Å². The van der Waals surface area contributed by atoms with Crippen LogP contribution in [0.5, 0.6) is 0 Å². The fourth-order valence-electron chi connectivity index (χ4n) is 2.22. The minimum absolute atomic E-state index is 0.694. The van der Waals surface area contributed by atoms with Gasteiger partial charge in [0.25, 0.3) is 0 Å². The third-order valence-corrected chi connectivity index (χ3v) is 4.02. The second-order valence-electron chi connectivity index (χ2n) is 4.44. The molecule has 0 atom stereocenters. The van der Waals surface area contributed by atoms with Crippen molar-refractivity contribution in [3.05, 3.63) is 28.2 Å². The SMILES string of the molecule is Cc1cc(NC2CCCCC2)ccc1Br. The third kappa shape index (κ3) is 2.97. The molecule has 1 fully saturated rings. The van der Waals surface area contributed by atoms with E-state index in [1.54, 1.807) is 0 Å². The predicted molar refractivity (Wildman–Crippen MR) is 69.4 cm³/mol. The van der Waals surface area contributed by atoms with Gasteiger partial charge in [-0.05, 0) is 43.5 Å². The van der Waals surface area contributed by atoms with Crippen molar-refractivity contribution >= 4 is 21.6 Å². The molecule has 1 nitrogen and oxygen atoms in total. The fourth-order valence-corrected chi connectivity index (χ4v) is 2.46. The molecule has 82 valence electrons. The maximum Gasteiger partial charge on any atom is 0.0345 e. The highest BCUT2D eigenvalue weighted by Gasteiger charge is 2.12. The maximum atomic E-state index is 3.63. The van der Waals surface area contributed by atoms with Crippen molar-refractivity contribution in [2.75, 3.05) is 5.32 Å². The van der Waals surface area contributed by atoms with Crippen molar-refractivity contribution in [1.82, 2.24) is 0 Å². The zero-order valence-corrected chi connectivity index (χ0v) is 10.8. The molecule has 1 aromatic carbocycles. The van der Waals surface area contributed by atoms with E-state index in [1.165, 1.54) is 47.8 Å². The minimum Gasteiger partial charge on any atom is -0.382 e. The Balaban J connectivity index is 2.00. The molecule has 15 heavy (non-hydrogen) atoms. The van der Waals surface area contributed by atoms with Crippen LogP contribution in [0.2, 0.25) is 0 Å². The van der Waals surface area contributed by atoms with Gasteiger partial charge in [-0.2, -0.15) is 0 Å². The van der Waals surface area contributed by atoms with Crippen LogP contribution in [0.15, 0.2) is 22.7 Å². The highest BCUT2D eigenvalue weighted by molar-refractivity contribution is 9.10. The second-order valence-corrected chi connectivity index (χ2v) is 5.30. The Morgan fingerprint density at radius 2 is 1.93 bits per heavy atom. The van der Waals surface area contributed by atoms with Crippen LogP contribution < -0.4 is 5.32 Å². The Hall–Kier alpha value is -0.500. The maximum absolute atomic E-state index is 3.63. The Labute approximate surface area is 100 Å². The lowest BCUT2D eigenvalue weighted by Crippen LogP contribution is -2.22. The van der Waals surface area contributed by atoms with Gasteiger partial charge in [0.2, 0.25) is 0 Å². The number of aryl methyl sites for hydroxylation is 1. The lowest BCUT2D eigenvalue weighted by Gasteiger charge is -2.24. The molecule has 2 rings (SSSR count). The number of benzene rings is 1. The minimum atomic E-state index is 0.694. The molecule has 0 aliphatic heterocycles. The van der Waals surface area contributed by atoms with Gasteiger partial charge in [-0.3, -0.25) is 0 Å². The van der Waals surface area contributed by atoms with E-state index < -0.39 is 0 Å². The molecule has 1 aromatic rings. The van der Waals surface area contributed by atoms with E-state index in [4.69, 9.17) is 0 Å². The third-order valence-electron chi connectivity index (χ3n) is 3.13. The molecule has 1 aliphatic carbocycles. The lowest BCUT2D eigenvalue weighted by atomic mass is 9.95. The topological polar surface area (TPSA) is 12.0 Å². The van der Waals surface area contributed by atoms with Crippen LogP contribution in [0.1, 0.15) is 37.7 Å². The zero-order chi connectivity index (χ0) is 10.7. The lowest BCUT2D eigenvalue weighted by molar-refractivity contribution is 0.463. The average molecular weight is 268 g/mol. The van der Waals surface area contributed by atoms with Gasteiger partial charge >= 0.3 is 0 Å². The number of anilines is 1. The van der Waals surface area contributed by atoms with Gasteiger partial charge in [-0.1, -0.05) is 35.2 Å². The van der Waals surface area contributed by atoms with Crippen molar-refractivity contribution in [2.45, 2.75) is 45.1 Å². The van der Waals surface area contributed by atoms with Crippen molar-refractivity contribution in [2.24, 2.45) is 0 Å². The molecular formula is C13H18BrN. The van der Waals surface area contributed by atoms with Gasteiger partial charge in [0, 0.05) is 16.2 Å². The molecular weight excluding hydrogens is 250 g/mol. The van der Waals surface area contributed by atoms with Crippen molar-refractivity contribution in [1.29, 1.82) is 0 Å². The van der Waals surface area contributed by atoms with Gasteiger partial charge in [0.1, 0.15) is 0 Å². The quantitative estimate of drug-likeness (QED) is 0.832. The van der Waals surface area contributed by atoms with E-state index >= 15 is 0 Å². The number of nitrogens with one attached hydrogen (secondary N) is 1. The molecule has 0 spiro atoms. The summed E-state index contributed by atoms with van der Waals surface area (Å²) < 4.78 is 1.19. The first-order chi connectivity index (χ1) is 7.25.